The molecule has 1 saturated heterocycles. The number of nitrogens with zero attached hydrogens (tertiary/aromatic N) is 3. The van der Waals surface area contributed by atoms with E-state index in [1.54, 1.807) is 30.0 Å². The third-order valence-corrected chi connectivity index (χ3v) is 4.73. The van der Waals surface area contributed by atoms with Gasteiger partial charge in [-0.3, -0.25) is 4.79 Å². The molecule has 0 aliphatic carbocycles. The number of para-hydroxylation sites is 2. The van der Waals surface area contributed by atoms with Crippen molar-refractivity contribution < 1.29 is 19.4 Å². The van der Waals surface area contributed by atoms with E-state index in [2.05, 4.69) is 5.10 Å². The van der Waals surface area contributed by atoms with Crippen molar-refractivity contribution in [1.29, 1.82) is 0 Å². The number of amides is 1. The fourth-order valence-electron chi connectivity index (χ4n) is 3.29. The maximum atomic E-state index is 13.0. The average molecular weight is 345 g/mol. The largest absolute Gasteiger partial charge is 0.494 e. The van der Waals surface area contributed by atoms with Gasteiger partial charge in [-0.15, -0.1) is 0 Å². The van der Waals surface area contributed by atoms with Crippen LogP contribution in [-0.2, 0) is 4.74 Å². The number of likely N-dealkylation sites (tertiary alicyclic amines) is 1. The number of carbonyl (C=O) groups excluding carboxylic acids is 1. The summed E-state index contributed by atoms with van der Waals surface area (Å²) in [6, 6.07) is 7.29. The van der Waals surface area contributed by atoms with E-state index in [1.165, 1.54) is 0 Å². The van der Waals surface area contributed by atoms with Gasteiger partial charge in [0.05, 0.1) is 43.3 Å². The maximum absolute atomic E-state index is 13.0. The van der Waals surface area contributed by atoms with Gasteiger partial charge in [0.25, 0.3) is 5.91 Å². The van der Waals surface area contributed by atoms with Crippen molar-refractivity contribution in [3.63, 3.8) is 0 Å². The molecule has 7 nitrogen and oxygen atoms in total. The fraction of sp³-hybridized carbons (Fsp3) is 0.444. The molecule has 1 aliphatic rings. The topological polar surface area (TPSA) is 76.8 Å². The molecule has 134 valence electrons. The van der Waals surface area contributed by atoms with E-state index in [4.69, 9.17) is 9.47 Å². The van der Waals surface area contributed by atoms with Crippen LogP contribution in [0, 0.1) is 6.92 Å². The Balaban J connectivity index is 1.92. The number of hydrogen-bond acceptors (Lipinski definition) is 5. The number of rotatable bonds is 5. The van der Waals surface area contributed by atoms with Crippen LogP contribution in [0.15, 0.2) is 30.5 Å². The van der Waals surface area contributed by atoms with E-state index in [-0.39, 0.29) is 24.7 Å². The summed E-state index contributed by atoms with van der Waals surface area (Å²) in [5.41, 5.74) is 2.02. The first-order chi connectivity index (χ1) is 12.1. The Labute approximate surface area is 146 Å². The number of aliphatic hydroxyl groups is 1. The zero-order valence-corrected chi connectivity index (χ0v) is 14.7. The Morgan fingerprint density at radius 2 is 2.12 bits per heavy atom. The van der Waals surface area contributed by atoms with Gasteiger partial charge in [-0.05, 0) is 25.5 Å². The number of methoxy groups -OCH3 is 2. The van der Waals surface area contributed by atoms with Crippen LogP contribution in [0.25, 0.3) is 5.69 Å². The highest BCUT2D eigenvalue weighted by atomic mass is 16.5. The minimum absolute atomic E-state index is 0.0503. The van der Waals surface area contributed by atoms with Crippen molar-refractivity contribution >= 4 is 5.91 Å². The molecule has 1 aliphatic heterocycles. The lowest BCUT2D eigenvalue weighted by Gasteiger charge is -2.22. The van der Waals surface area contributed by atoms with Crippen molar-refractivity contribution in [1.82, 2.24) is 14.7 Å². The van der Waals surface area contributed by atoms with Gasteiger partial charge in [-0.2, -0.15) is 5.10 Å². The zero-order chi connectivity index (χ0) is 18.0. The van der Waals surface area contributed by atoms with E-state index in [0.717, 1.165) is 11.4 Å². The summed E-state index contributed by atoms with van der Waals surface area (Å²) in [5, 5.41) is 14.0. The Morgan fingerprint density at radius 3 is 2.80 bits per heavy atom. The van der Waals surface area contributed by atoms with Gasteiger partial charge >= 0.3 is 0 Å². The highest BCUT2D eigenvalue weighted by Crippen LogP contribution is 2.27. The third-order valence-electron chi connectivity index (χ3n) is 4.73. The summed E-state index contributed by atoms with van der Waals surface area (Å²) in [4.78, 5) is 14.6. The molecule has 7 heteroatoms. The van der Waals surface area contributed by atoms with Gasteiger partial charge in [-0.25, -0.2) is 4.68 Å². The van der Waals surface area contributed by atoms with Crippen LogP contribution < -0.4 is 4.74 Å². The molecular weight excluding hydrogens is 322 g/mol. The molecule has 0 unspecified atom stereocenters. The molecule has 3 rings (SSSR count). The molecule has 2 atom stereocenters. The van der Waals surface area contributed by atoms with Gasteiger partial charge in [0.2, 0.25) is 0 Å². The highest BCUT2D eigenvalue weighted by molar-refractivity contribution is 5.95. The number of hydrogen-bond donors (Lipinski definition) is 1. The van der Waals surface area contributed by atoms with Gasteiger partial charge in [0.15, 0.2) is 0 Å². The predicted molar refractivity (Wildman–Crippen MR) is 92.2 cm³/mol. The van der Waals surface area contributed by atoms with Crippen molar-refractivity contribution in [2.24, 2.45) is 0 Å². The Hall–Kier alpha value is -2.38. The van der Waals surface area contributed by atoms with Gasteiger partial charge in [0.1, 0.15) is 11.4 Å². The molecular formula is C18H23N3O4. The fourth-order valence-corrected chi connectivity index (χ4v) is 3.29. The Morgan fingerprint density at radius 1 is 1.36 bits per heavy atom. The van der Waals surface area contributed by atoms with Crippen molar-refractivity contribution in [2.45, 2.75) is 25.5 Å². The Bertz CT molecular complexity index is 759. The van der Waals surface area contributed by atoms with Crippen LogP contribution in [-0.4, -0.2) is 65.2 Å². The number of aliphatic hydroxyl groups excluding tert-OH is 1. The molecule has 1 amide bonds. The van der Waals surface area contributed by atoms with Crippen molar-refractivity contribution in [2.75, 3.05) is 27.4 Å². The molecule has 0 spiro atoms. The molecule has 1 aromatic heterocycles. The second-order valence-corrected chi connectivity index (χ2v) is 6.11. The summed E-state index contributed by atoms with van der Waals surface area (Å²) < 4.78 is 12.4. The number of ether oxygens (including phenoxy) is 2. The van der Waals surface area contributed by atoms with Crippen LogP contribution in [0.4, 0.5) is 0 Å². The lowest BCUT2D eigenvalue weighted by atomic mass is 10.2. The minimum atomic E-state index is -0.230. The van der Waals surface area contributed by atoms with Crippen LogP contribution in [0.3, 0.4) is 0 Å². The van der Waals surface area contributed by atoms with Crippen LogP contribution >= 0.6 is 0 Å². The standard InChI is InChI=1S/C18H23N3O4/c1-12-15(18(23)20-10-14(24-2)8-13(20)11-22)9-19-21(12)16-6-4-5-7-17(16)25-3/h4-7,9,13-14,22H,8,10-11H2,1-3H3/t13-,14-/m0/s1. The van der Waals surface area contributed by atoms with Crippen molar-refractivity contribution in [3.8, 4) is 11.4 Å². The first-order valence-electron chi connectivity index (χ1n) is 8.23. The highest BCUT2D eigenvalue weighted by Gasteiger charge is 2.36. The Kier molecular flexibility index (Phi) is 5.06. The summed E-state index contributed by atoms with van der Waals surface area (Å²) in [6.45, 7) is 2.25. The van der Waals surface area contributed by atoms with Crippen LogP contribution in [0.2, 0.25) is 0 Å². The van der Waals surface area contributed by atoms with E-state index in [9.17, 15) is 9.90 Å². The lowest BCUT2D eigenvalue weighted by molar-refractivity contribution is 0.0647. The summed E-state index contributed by atoms with van der Waals surface area (Å²) in [6.07, 6.45) is 2.16. The summed E-state index contributed by atoms with van der Waals surface area (Å²) in [5.74, 6) is 0.541. The first kappa shape index (κ1) is 17.4. The quantitative estimate of drug-likeness (QED) is 0.887. The minimum Gasteiger partial charge on any atom is -0.494 e. The molecule has 25 heavy (non-hydrogen) atoms. The maximum Gasteiger partial charge on any atom is 0.257 e. The second kappa shape index (κ2) is 7.25. The normalized spacial score (nSPS) is 20.1. The summed E-state index contributed by atoms with van der Waals surface area (Å²) >= 11 is 0. The van der Waals surface area contributed by atoms with E-state index in [1.807, 2.05) is 31.2 Å². The molecule has 1 fully saturated rings. The van der Waals surface area contributed by atoms with E-state index < -0.39 is 0 Å². The molecule has 2 aromatic rings. The van der Waals surface area contributed by atoms with Gasteiger partial charge in [0, 0.05) is 13.7 Å². The third kappa shape index (κ3) is 3.12. The molecule has 0 radical (unpaired) electrons. The molecule has 0 saturated carbocycles. The SMILES string of the molecule is COc1ccccc1-n1ncc(C(=O)N2C[C@@H](OC)C[C@H]2CO)c1C. The first-order valence-corrected chi connectivity index (χ1v) is 8.23. The number of carbonyl (C=O) groups is 1. The number of aromatic nitrogens is 2. The van der Waals surface area contributed by atoms with Crippen LogP contribution in [0.1, 0.15) is 22.5 Å². The van der Waals surface area contributed by atoms with Crippen LogP contribution in [0.5, 0.6) is 5.75 Å². The second-order valence-electron chi connectivity index (χ2n) is 6.11. The molecule has 2 heterocycles. The smallest absolute Gasteiger partial charge is 0.257 e. The summed E-state index contributed by atoms with van der Waals surface area (Å²) in [7, 11) is 3.22. The molecule has 1 N–H and O–H groups in total. The zero-order valence-electron chi connectivity index (χ0n) is 14.7. The van der Waals surface area contributed by atoms with Gasteiger partial charge < -0.3 is 19.5 Å². The van der Waals surface area contributed by atoms with Gasteiger partial charge in [-0.1, -0.05) is 12.1 Å². The number of benzene rings is 1. The molecule has 1 aromatic carbocycles. The predicted octanol–water partition coefficient (Wildman–Crippen LogP) is 1.41. The van der Waals surface area contributed by atoms with Crippen molar-refractivity contribution in [3.05, 3.63) is 41.7 Å². The van der Waals surface area contributed by atoms with E-state index in [0.29, 0.717) is 24.3 Å². The monoisotopic (exact) mass is 345 g/mol. The lowest BCUT2D eigenvalue weighted by Crippen LogP contribution is -2.38. The molecule has 0 bridgehead atoms. The average Bonchev–Trinajstić information content (AvgIpc) is 3.24. The van der Waals surface area contributed by atoms with E-state index >= 15 is 0 Å².